The third kappa shape index (κ3) is 6.13. The second-order valence-electron chi connectivity index (χ2n) is 4.65. The minimum atomic E-state index is -0.0644. The molecule has 22 heavy (non-hydrogen) atoms. The van der Waals surface area contributed by atoms with Gasteiger partial charge in [-0.3, -0.25) is 10.1 Å². The molecule has 1 aromatic carbocycles. The van der Waals surface area contributed by atoms with Gasteiger partial charge in [0.05, 0.1) is 6.54 Å². The van der Waals surface area contributed by atoms with Crippen LogP contribution in [-0.4, -0.2) is 34.3 Å². The summed E-state index contributed by atoms with van der Waals surface area (Å²) in [5.74, 6) is 0.282. The highest BCUT2D eigenvalue weighted by molar-refractivity contribution is 9.10. The highest BCUT2D eigenvalue weighted by Gasteiger charge is 2.06. The Morgan fingerprint density at radius 1 is 1.41 bits per heavy atom. The van der Waals surface area contributed by atoms with Crippen LogP contribution in [0.2, 0.25) is 0 Å². The molecule has 0 saturated heterocycles. The molecule has 0 atom stereocenters. The maximum atomic E-state index is 11.7. The van der Waals surface area contributed by atoms with E-state index in [2.05, 4.69) is 36.6 Å². The average molecular weight is 389 g/mol. The predicted molar refractivity (Wildman–Crippen MR) is 92.3 cm³/mol. The summed E-state index contributed by atoms with van der Waals surface area (Å²) in [6, 6.07) is 7.99. The predicted octanol–water partition coefficient (Wildman–Crippen LogP) is 2.45. The van der Waals surface area contributed by atoms with Crippen molar-refractivity contribution in [1.29, 1.82) is 0 Å². The molecule has 0 aliphatic carbocycles. The van der Waals surface area contributed by atoms with Crippen molar-refractivity contribution in [2.75, 3.05) is 18.9 Å². The number of hydrogen-bond donors (Lipinski definition) is 2. The maximum absolute atomic E-state index is 11.7. The Hall–Kier alpha value is -1.44. The first-order valence-electron chi connectivity index (χ1n) is 6.75. The quantitative estimate of drug-likeness (QED) is 0.715. The molecule has 0 aliphatic rings. The number of nitrogens with zero attached hydrogens (tertiary/aromatic N) is 3. The molecule has 0 radical (unpaired) electrons. The lowest BCUT2D eigenvalue weighted by Gasteiger charge is -2.02. The van der Waals surface area contributed by atoms with Crippen LogP contribution in [0.5, 0.6) is 0 Å². The fourth-order valence-electron chi connectivity index (χ4n) is 1.86. The van der Waals surface area contributed by atoms with Crippen molar-refractivity contribution in [2.24, 2.45) is 0 Å². The number of carbonyl (C=O) groups excluding carboxylic acids is 1. The van der Waals surface area contributed by atoms with Gasteiger partial charge in [-0.2, -0.15) is 0 Å². The van der Waals surface area contributed by atoms with Crippen LogP contribution in [0.15, 0.2) is 35.1 Å². The fourth-order valence-corrected chi connectivity index (χ4v) is 2.31. The molecule has 120 valence electrons. The van der Waals surface area contributed by atoms with E-state index in [9.17, 15) is 4.79 Å². The van der Waals surface area contributed by atoms with E-state index < -0.39 is 0 Å². The number of rotatable bonds is 7. The van der Waals surface area contributed by atoms with Gasteiger partial charge in [-0.1, -0.05) is 28.1 Å². The summed E-state index contributed by atoms with van der Waals surface area (Å²) in [6.45, 7) is 1.43. The highest BCUT2D eigenvalue weighted by atomic mass is 79.9. The van der Waals surface area contributed by atoms with Crippen molar-refractivity contribution in [3.05, 3.63) is 40.6 Å². The topological polar surface area (TPSA) is 71.8 Å². The summed E-state index contributed by atoms with van der Waals surface area (Å²) in [6.07, 6.45) is 2.87. The van der Waals surface area contributed by atoms with Crippen molar-refractivity contribution in [3.8, 4) is 0 Å². The van der Waals surface area contributed by atoms with Crippen molar-refractivity contribution in [2.45, 2.75) is 19.4 Å². The van der Waals surface area contributed by atoms with Crippen LogP contribution in [0.4, 0.5) is 5.95 Å². The molecule has 6 nitrogen and oxygen atoms in total. The van der Waals surface area contributed by atoms with E-state index in [4.69, 9.17) is 0 Å². The molecule has 0 aliphatic heterocycles. The molecule has 2 N–H and O–H groups in total. The SMILES string of the molecule is CNCCCC(=O)Nc1ncn(Cc2cccc(Br)c2)n1.Cl. The molecular weight excluding hydrogens is 370 g/mol. The van der Waals surface area contributed by atoms with Crippen molar-refractivity contribution in [3.63, 3.8) is 0 Å². The average Bonchev–Trinajstić information content (AvgIpc) is 2.86. The molecule has 1 amide bonds. The molecule has 1 aromatic heterocycles. The number of aromatic nitrogens is 3. The largest absolute Gasteiger partial charge is 0.320 e. The van der Waals surface area contributed by atoms with Gasteiger partial charge in [0.1, 0.15) is 6.33 Å². The van der Waals surface area contributed by atoms with Crippen LogP contribution in [0, 0.1) is 0 Å². The Balaban J connectivity index is 0.00000242. The maximum Gasteiger partial charge on any atom is 0.248 e. The van der Waals surface area contributed by atoms with Gasteiger partial charge in [-0.25, -0.2) is 9.67 Å². The van der Waals surface area contributed by atoms with Gasteiger partial charge in [0.15, 0.2) is 0 Å². The Morgan fingerprint density at radius 2 is 2.23 bits per heavy atom. The van der Waals surface area contributed by atoms with E-state index in [-0.39, 0.29) is 18.3 Å². The zero-order chi connectivity index (χ0) is 15.1. The lowest BCUT2D eigenvalue weighted by atomic mass is 10.2. The van der Waals surface area contributed by atoms with Gasteiger partial charge in [0, 0.05) is 10.9 Å². The Kier molecular flexibility index (Phi) is 8.08. The summed E-state index contributed by atoms with van der Waals surface area (Å²) in [5, 5.41) is 9.95. The minimum absolute atomic E-state index is 0. The van der Waals surface area contributed by atoms with Crippen LogP contribution in [-0.2, 0) is 11.3 Å². The normalized spacial score (nSPS) is 10.1. The van der Waals surface area contributed by atoms with Gasteiger partial charge < -0.3 is 5.32 Å². The monoisotopic (exact) mass is 387 g/mol. The van der Waals surface area contributed by atoms with E-state index in [1.54, 1.807) is 11.0 Å². The van der Waals surface area contributed by atoms with Gasteiger partial charge in [-0.05, 0) is 37.7 Å². The number of amides is 1. The number of nitrogens with one attached hydrogen (secondary N) is 2. The van der Waals surface area contributed by atoms with Crippen molar-refractivity contribution >= 4 is 40.2 Å². The Morgan fingerprint density at radius 3 is 2.95 bits per heavy atom. The molecular formula is C14H19BrClN5O. The molecule has 0 unspecified atom stereocenters. The Labute approximate surface area is 144 Å². The van der Waals surface area contributed by atoms with E-state index >= 15 is 0 Å². The third-order valence-electron chi connectivity index (χ3n) is 2.85. The zero-order valence-electron chi connectivity index (χ0n) is 12.3. The molecule has 0 spiro atoms. The minimum Gasteiger partial charge on any atom is -0.320 e. The molecule has 2 aromatic rings. The molecule has 0 bridgehead atoms. The van der Waals surface area contributed by atoms with Crippen LogP contribution in [0.3, 0.4) is 0 Å². The van der Waals surface area contributed by atoms with Crippen LogP contribution >= 0.6 is 28.3 Å². The third-order valence-corrected chi connectivity index (χ3v) is 3.35. The molecule has 0 fully saturated rings. The lowest BCUT2D eigenvalue weighted by Crippen LogP contribution is -2.16. The first-order valence-corrected chi connectivity index (χ1v) is 7.55. The summed E-state index contributed by atoms with van der Waals surface area (Å²) >= 11 is 3.44. The molecule has 2 rings (SSSR count). The van der Waals surface area contributed by atoms with E-state index in [1.807, 2.05) is 31.3 Å². The Bertz CT molecular complexity index is 604. The number of benzene rings is 1. The molecule has 8 heteroatoms. The van der Waals surface area contributed by atoms with Crippen LogP contribution < -0.4 is 10.6 Å². The van der Waals surface area contributed by atoms with Gasteiger partial charge >= 0.3 is 0 Å². The first kappa shape index (κ1) is 18.6. The smallest absolute Gasteiger partial charge is 0.248 e. The van der Waals surface area contributed by atoms with Crippen molar-refractivity contribution in [1.82, 2.24) is 20.1 Å². The van der Waals surface area contributed by atoms with Gasteiger partial charge in [0.2, 0.25) is 11.9 Å². The number of carbonyl (C=O) groups is 1. The summed E-state index contributed by atoms with van der Waals surface area (Å²) in [5.41, 5.74) is 1.11. The van der Waals surface area contributed by atoms with E-state index in [0.29, 0.717) is 18.9 Å². The van der Waals surface area contributed by atoms with Gasteiger partial charge in [-0.15, -0.1) is 17.5 Å². The van der Waals surface area contributed by atoms with Crippen LogP contribution in [0.25, 0.3) is 0 Å². The lowest BCUT2D eigenvalue weighted by molar-refractivity contribution is -0.116. The fraction of sp³-hybridized carbons (Fsp3) is 0.357. The zero-order valence-corrected chi connectivity index (χ0v) is 14.7. The second kappa shape index (κ2) is 9.55. The highest BCUT2D eigenvalue weighted by Crippen LogP contribution is 2.12. The number of hydrogen-bond acceptors (Lipinski definition) is 4. The summed E-state index contributed by atoms with van der Waals surface area (Å²) in [4.78, 5) is 15.8. The summed E-state index contributed by atoms with van der Waals surface area (Å²) < 4.78 is 2.73. The van der Waals surface area contributed by atoms with Crippen LogP contribution in [0.1, 0.15) is 18.4 Å². The van der Waals surface area contributed by atoms with Gasteiger partial charge in [0.25, 0.3) is 0 Å². The molecule has 0 saturated carbocycles. The van der Waals surface area contributed by atoms with E-state index in [0.717, 1.165) is 23.0 Å². The molecule has 1 heterocycles. The first-order chi connectivity index (χ1) is 10.2. The second-order valence-corrected chi connectivity index (χ2v) is 5.57. The number of anilines is 1. The van der Waals surface area contributed by atoms with Crippen molar-refractivity contribution < 1.29 is 4.79 Å². The number of halogens is 2. The van der Waals surface area contributed by atoms with E-state index in [1.165, 1.54) is 0 Å². The standard InChI is InChI=1S/C14H18BrN5O.ClH/c1-16-7-3-6-13(21)18-14-17-10-20(19-14)9-11-4-2-5-12(15)8-11;/h2,4-5,8,10,16H,3,6-7,9H2,1H3,(H,18,19,21);1H. The summed E-state index contributed by atoms with van der Waals surface area (Å²) in [7, 11) is 1.86.